The molecule has 4 rings (SSSR count). The first kappa shape index (κ1) is 26.9. The van der Waals surface area contributed by atoms with Gasteiger partial charge in [0.2, 0.25) is 5.91 Å². The van der Waals surface area contributed by atoms with Gasteiger partial charge < -0.3 is 19.9 Å². The van der Waals surface area contributed by atoms with Gasteiger partial charge in [0.15, 0.2) is 0 Å². The van der Waals surface area contributed by atoms with E-state index in [1.54, 1.807) is 6.07 Å². The van der Waals surface area contributed by atoms with E-state index in [0.29, 0.717) is 41.0 Å². The van der Waals surface area contributed by atoms with Gasteiger partial charge in [-0.25, -0.2) is 0 Å². The normalized spacial score (nSPS) is 18.1. The number of esters is 1. The van der Waals surface area contributed by atoms with Crippen LogP contribution in [0.5, 0.6) is 0 Å². The Morgan fingerprint density at radius 1 is 0.917 bits per heavy atom. The maximum Gasteiger partial charge on any atom is 0.308 e. The number of carbonyl (C=O) groups is 2. The number of likely N-dealkylation sites (tertiary alicyclic amines) is 1. The van der Waals surface area contributed by atoms with E-state index in [9.17, 15) is 9.59 Å². The Balaban J connectivity index is 1.34. The van der Waals surface area contributed by atoms with Crippen LogP contribution in [0.2, 0.25) is 15.1 Å². The molecule has 1 amide bonds. The monoisotopic (exact) mass is 551 g/mol. The molecule has 1 N–H and O–H groups in total. The summed E-state index contributed by atoms with van der Waals surface area (Å²) in [6.45, 7) is 4.88. The van der Waals surface area contributed by atoms with Crippen LogP contribution in [0.15, 0.2) is 36.4 Å². The van der Waals surface area contributed by atoms with E-state index in [2.05, 4.69) is 16.3 Å². The van der Waals surface area contributed by atoms with Crippen LogP contribution in [-0.4, -0.2) is 50.1 Å². The molecule has 2 saturated heterocycles. The van der Waals surface area contributed by atoms with Crippen molar-refractivity contribution in [3.05, 3.63) is 57.0 Å². The fourth-order valence-corrected chi connectivity index (χ4v) is 5.87. The highest BCUT2D eigenvalue weighted by Crippen LogP contribution is 2.35. The van der Waals surface area contributed by atoms with Gasteiger partial charge in [-0.3, -0.25) is 9.59 Å². The lowest BCUT2D eigenvalue weighted by molar-refractivity contribution is -0.149. The molecule has 6 nitrogen and oxygen atoms in total. The molecule has 0 saturated carbocycles. The van der Waals surface area contributed by atoms with Gasteiger partial charge in [-0.1, -0.05) is 40.9 Å². The van der Waals surface area contributed by atoms with E-state index < -0.39 is 0 Å². The predicted molar refractivity (Wildman–Crippen MR) is 146 cm³/mol. The Kier molecular flexibility index (Phi) is 8.91. The molecule has 0 bridgehead atoms. The Morgan fingerprint density at radius 2 is 1.58 bits per heavy atom. The molecule has 194 valence electrons. The van der Waals surface area contributed by atoms with Crippen molar-refractivity contribution in [2.45, 2.75) is 38.6 Å². The van der Waals surface area contributed by atoms with E-state index in [0.717, 1.165) is 42.9 Å². The fraction of sp³-hybridized carbons (Fsp3) is 0.481. The summed E-state index contributed by atoms with van der Waals surface area (Å²) in [4.78, 5) is 29.1. The number of carbonyl (C=O) groups excluding carboxylic acids is 2. The number of methoxy groups -OCH3 is 1. The third-order valence-electron chi connectivity index (χ3n) is 7.30. The number of benzene rings is 2. The minimum atomic E-state index is -0.169. The van der Waals surface area contributed by atoms with Crippen LogP contribution in [0.25, 0.3) is 0 Å². The van der Waals surface area contributed by atoms with Crippen molar-refractivity contribution in [1.29, 1.82) is 0 Å². The molecule has 2 aliphatic heterocycles. The topological polar surface area (TPSA) is 61.9 Å². The van der Waals surface area contributed by atoms with E-state index in [1.807, 2.05) is 36.1 Å². The number of halogens is 3. The second-order valence-corrected chi connectivity index (χ2v) is 10.8. The zero-order valence-electron chi connectivity index (χ0n) is 20.6. The third-order valence-corrected chi connectivity index (χ3v) is 8.19. The van der Waals surface area contributed by atoms with E-state index in [-0.39, 0.29) is 29.8 Å². The van der Waals surface area contributed by atoms with Gasteiger partial charge >= 0.3 is 5.97 Å². The summed E-state index contributed by atoms with van der Waals surface area (Å²) in [5, 5.41) is 5.32. The molecule has 0 spiro atoms. The molecule has 0 unspecified atom stereocenters. The van der Waals surface area contributed by atoms with Crippen molar-refractivity contribution in [1.82, 2.24) is 4.90 Å². The molecule has 0 radical (unpaired) electrons. The second kappa shape index (κ2) is 11.9. The number of nitrogens with one attached hydrogen (secondary N) is 1. The average molecular weight is 553 g/mol. The number of nitrogens with zero attached hydrogens (tertiary/aromatic N) is 2. The summed E-state index contributed by atoms with van der Waals surface area (Å²) < 4.78 is 4.85. The lowest BCUT2D eigenvalue weighted by Gasteiger charge is -2.37. The highest BCUT2D eigenvalue weighted by Gasteiger charge is 2.33. The van der Waals surface area contributed by atoms with Crippen molar-refractivity contribution < 1.29 is 14.3 Å². The number of anilines is 2. The highest BCUT2D eigenvalue weighted by molar-refractivity contribution is 6.35. The van der Waals surface area contributed by atoms with E-state index in [4.69, 9.17) is 39.5 Å². The Morgan fingerprint density at radius 3 is 2.22 bits per heavy atom. The minimum Gasteiger partial charge on any atom is -0.469 e. The zero-order chi connectivity index (χ0) is 25.8. The zero-order valence-corrected chi connectivity index (χ0v) is 22.9. The van der Waals surface area contributed by atoms with Crippen LogP contribution in [0, 0.1) is 11.8 Å². The molecule has 36 heavy (non-hydrogen) atoms. The van der Waals surface area contributed by atoms with Gasteiger partial charge in [-0.05, 0) is 68.5 Å². The van der Waals surface area contributed by atoms with Gasteiger partial charge in [0.05, 0.1) is 29.8 Å². The van der Waals surface area contributed by atoms with Crippen molar-refractivity contribution in [3.63, 3.8) is 0 Å². The summed E-state index contributed by atoms with van der Waals surface area (Å²) in [5.41, 5.74) is 2.85. The van der Waals surface area contributed by atoms with Crippen LogP contribution in [-0.2, 0) is 14.3 Å². The Hall–Kier alpha value is -2.15. The summed E-state index contributed by atoms with van der Waals surface area (Å²) in [5.74, 6) is -0.0251. The third kappa shape index (κ3) is 6.21. The van der Waals surface area contributed by atoms with Crippen LogP contribution in [0.4, 0.5) is 11.4 Å². The first-order valence-corrected chi connectivity index (χ1v) is 13.5. The van der Waals surface area contributed by atoms with Gasteiger partial charge in [-0.2, -0.15) is 0 Å². The predicted octanol–water partition coefficient (Wildman–Crippen LogP) is 6.45. The van der Waals surface area contributed by atoms with Crippen molar-refractivity contribution in [2.75, 3.05) is 43.5 Å². The quantitative estimate of drug-likeness (QED) is 0.418. The molecule has 9 heteroatoms. The summed E-state index contributed by atoms with van der Waals surface area (Å²) >= 11 is 18.9. The van der Waals surface area contributed by atoms with Gasteiger partial charge in [-0.15, -0.1) is 0 Å². The van der Waals surface area contributed by atoms with E-state index in [1.165, 1.54) is 7.11 Å². The smallest absolute Gasteiger partial charge is 0.308 e. The number of hydrogen-bond donors (Lipinski definition) is 1. The highest BCUT2D eigenvalue weighted by atomic mass is 35.5. The SMILES string of the molecule is COC(=O)C1CCN(C(=O)C2CCN(c3ccc(Cl)c(N[C@H](C)c4ccc(Cl)cc4Cl)c3)CC2)CC1. The van der Waals surface area contributed by atoms with Crippen molar-refractivity contribution >= 4 is 58.1 Å². The molecule has 2 aliphatic rings. The second-order valence-electron chi connectivity index (χ2n) is 9.58. The Labute approximate surface area is 227 Å². The molecule has 2 heterocycles. The van der Waals surface area contributed by atoms with Crippen LogP contribution >= 0.6 is 34.8 Å². The summed E-state index contributed by atoms with van der Waals surface area (Å²) in [6.07, 6.45) is 2.96. The molecule has 0 aliphatic carbocycles. The first-order valence-electron chi connectivity index (χ1n) is 12.4. The number of hydrogen-bond acceptors (Lipinski definition) is 5. The number of ether oxygens (including phenoxy) is 1. The largest absolute Gasteiger partial charge is 0.469 e. The Bertz CT molecular complexity index is 1100. The van der Waals surface area contributed by atoms with Crippen LogP contribution in [0.1, 0.15) is 44.2 Å². The van der Waals surface area contributed by atoms with Gasteiger partial charge in [0.1, 0.15) is 0 Å². The lowest BCUT2D eigenvalue weighted by atomic mass is 9.92. The molecular formula is C27H32Cl3N3O3. The number of amides is 1. The van der Waals surface area contributed by atoms with E-state index >= 15 is 0 Å². The standard InChI is InChI=1S/C27H32Cl3N3O3/c1-17(22-5-3-20(28)15-24(22)30)31-25-16-21(4-6-23(25)29)32-11-7-18(8-12-32)26(34)33-13-9-19(10-14-33)27(35)36-2/h3-6,15-19,31H,7-14H2,1-2H3/t17-/m1/s1. The maximum absolute atomic E-state index is 13.1. The first-order chi connectivity index (χ1) is 17.3. The fourth-order valence-electron chi connectivity index (χ4n) is 5.13. The van der Waals surface area contributed by atoms with Crippen LogP contribution < -0.4 is 10.2 Å². The maximum atomic E-state index is 13.1. The summed E-state index contributed by atoms with van der Waals surface area (Å²) in [7, 11) is 1.42. The van der Waals surface area contributed by atoms with Gasteiger partial charge in [0.25, 0.3) is 0 Å². The molecule has 1 atom stereocenters. The van der Waals surface area contributed by atoms with Gasteiger partial charge in [0, 0.05) is 47.8 Å². The molecular weight excluding hydrogens is 521 g/mol. The van der Waals surface area contributed by atoms with Crippen LogP contribution in [0.3, 0.4) is 0 Å². The van der Waals surface area contributed by atoms with Crippen molar-refractivity contribution in [2.24, 2.45) is 11.8 Å². The number of rotatable bonds is 6. The average Bonchev–Trinajstić information content (AvgIpc) is 2.89. The molecule has 2 aromatic rings. The lowest BCUT2D eigenvalue weighted by Crippen LogP contribution is -2.46. The minimum absolute atomic E-state index is 0.0212. The number of piperidine rings is 2. The summed E-state index contributed by atoms with van der Waals surface area (Å²) in [6, 6.07) is 11.4. The molecule has 2 aromatic carbocycles. The van der Waals surface area contributed by atoms with Crippen molar-refractivity contribution in [3.8, 4) is 0 Å². The molecule has 2 fully saturated rings. The molecule has 0 aromatic heterocycles.